The van der Waals surface area contributed by atoms with Crippen LogP contribution in [0.4, 0.5) is 13.2 Å². The van der Waals surface area contributed by atoms with Crippen LogP contribution in [0.5, 0.6) is 0 Å². The number of ether oxygens (including phenoxy) is 1. The number of halogens is 3. The van der Waals surface area contributed by atoms with E-state index in [-0.39, 0.29) is 0 Å². The Morgan fingerprint density at radius 3 is 1.89 bits per heavy atom. The highest BCUT2D eigenvalue weighted by Crippen LogP contribution is 2.51. The van der Waals surface area contributed by atoms with Crippen LogP contribution in [-0.2, 0) is 27.9 Å². The molecule has 1 N–H and O–H groups in total. The summed E-state index contributed by atoms with van der Waals surface area (Å²) in [6.07, 6.45) is -5.25. The standard InChI is InChI=1S/C7H11F3NO6P/c1-15-5(12)4(18(14,16-2)17-3)11-6(13)7(8,9)10/h4H,1-3H3,(H,11,13)/t4-/m0/s1. The van der Waals surface area contributed by atoms with E-state index in [4.69, 9.17) is 0 Å². The summed E-state index contributed by atoms with van der Waals surface area (Å²) in [4.78, 5) is 21.9. The molecule has 11 heteroatoms. The summed E-state index contributed by atoms with van der Waals surface area (Å²) < 4.78 is 60.7. The van der Waals surface area contributed by atoms with Crippen molar-refractivity contribution in [3.8, 4) is 0 Å². The van der Waals surface area contributed by atoms with Crippen molar-refractivity contribution < 1.29 is 41.1 Å². The van der Waals surface area contributed by atoms with E-state index in [9.17, 15) is 27.3 Å². The molecule has 0 aromatic rings. The van der Waals surface area contributed by atoms with E-state index >= 15 is 0 Å². The number of nitrogens with one attached hydrogen (secondary N) is 1. The van der Waals surface area contributed by atoms with Gasteiger partial charge in [-0.05, 0) is 0 Å². The molecular weight excluding hydrogens is 282 g/mol. The molecule has 0 radical (unpaired) electrons. The maximum absolute atomic E-state index is 12.0. The first-order chi connectivity index (χ1) is 8.12. The van der Waals surface area contributed by atoms with Gasteiger partial charge in [0.1, 0.15) is 0 Å². The molecule has 0 rings (SSSR count). The normalized spacial score (nSPS) is 13.9. The molecule has 0 saturated carbocycles. The molecule has 0 saturated heterocycles. The Labute approximate surface area is 100 Å². The lowest BCUT2D eigenvalue weighted by Gasteiger charge is -2.23. The van der Waals surface area contributed by atoms with E-state index < -0.39 is 31.4 Å². The smallest absolute Gasteiger partial charge is 0.467 e. The Morgan fingerprint density at radius 2 is 1.61 bits per heavy atom. The molecule has 0 spiro atoms. The van der Waals surface area contributed by atoms with Crippen LogP contribution in [0.1, 0.15) is 0 Å². The van der Waals surface area contributed by atoms with Gasteiger partial charge in [-0.2, -0.15) is 13.2 Å². The number of esters is 1. The van der Waals surface area contributed by atoms with Gasteiger partial charge in [-0.1, -0.05) is 0 Å². The van der Waals surface area contributed by atoms with Crippen molar-refractivity contribution in [2.45, 2.75) is 12.0 Å². The van der Waals surface area contributed by atoms with Crippen LogP contribution in [-0.4, -0.2) is 45.2 Å². The lowest BCUT2D eigenvalue weighted by Crippen LogP contribution is -2.47. The van der Waals surface area contributed by atoms with Crippen molar-refractivity contribution in [2.24, 2.45) is 0 Å². The lowest BCUT2D eigenvalue weighted by atomic mass is 10.5. The second-order valence-electron chi connectivity index (χ2n) is 2.80. The monoisotopic (exact) mass is 293 g/mol. The highest BCUT2D eigenvalue weighted by molar-refractivity contribution is 7.55. The summed E-state index contributed by atoms with van der Waals surface area (Å²) in [6.45, 7) is 0. The van der Waals surface area contributed by atoms with Gasteiger partial charge in [-0.3, -0.25) is 9.36 Å². The van der Waals surface area contributed by atoms with Gasteiger partial charge < -0.3 is 19.1 Å². The third-order valence-electron chi connectivity index (χ3n) is 1.77. The highest BCUT2D eigenvalue weighted by Gasteiger charge is 2.48. The van der Waals surface area contributed by atoms with Crippen molar-refractivity contribution in [1.82, 2.24) is 5.32 Å². The molecule has 0 unspecified atom stereocenters. The van der Waals surface area contributed by atoms with Gasteiger partial charge >= 0.3 is 25.6 Å². The molecule has 106 valence electrons. The zero-order valence-electron chi connectivity index (χ0n) is 9.61. The highest BCUT2D eigenvalue weighted by atomic mass is 31.2. The zero-order valence-corrected chi connectivity index (χ0v) is 10.5. The molecule has 0 aliphatic rings. The molecular formula is C7H11F3NO6P. The van der Waals surface area contributed by atoms with Gasteiger partial charge in [0.05, 0.1) is 7.11 Å². The molecule has 0 bridgehead atoms. The first-order valence-electron chi connectivity index (χ1n) is 4.29. The van der Waals surface area contributed by atoms with Crippen molar-refractivity contribution in [1.29, 1.82) is 0 Å². The molecule has 0 aromatic heterocycles. The number of carbonyl (C=O) groups excluding carboxylic acids is 2. The number of alkyl halides is 3. The molecule has 0 fully saturated rings. The molecule has 1 atom stereocenters. The largest absolute Gasteiger partial charge is 0.471 e. The van der Waals surface area contributed by atoms with Gasteiger partial charge in [-0.15, -0.1) is 0 Å². The fraction of sp³-hybridized carbons (Fsp3) is 0.714. The van der Waals surface area contributed by atoms with E-state index in [1.807, 2.05) is 0 Å². The minimum atomic E-state index is -5.25. The first-order valence-corrected chi connectivity index (χ1v) is 5.90. The van der Waals surface area contributed by atoms with Crippen molar-refractivity contribution in [3.05, 3.63) is 0 Å². The van der Waals surface area contributed by atoms with Crippen LogP contribution in [0.2, 0.25) is 0 Å². The van der Waals surface area contributed by atoms with Crippen molar-refractivity contribution in [3.63, 3.8) is 0 Å². The predicted molar refractivity (Wildman–Crippen MR) is 51.6 cm³/mol. The van der Waals surface area contributed by atoms with Crippen LogP contribution < -0.4 is 5.32 Å². The Balaban J connectivity index is 5.22. The fourth-order valence-electron chi connectivity index (χ4n) is 0.870. The summed E-state index contributed by atoms with van der Waals surface area (Å²) in [5.41, 5.74) is 0. The Kier molecular flexibility index (Phi) is 5.78. The lowest BCUT2D eigenvalue weighted by molar-refractivity contribution is -0.175. The minimum Gasteiger partial charge on any atom is -0.467 e. The number of hydrogen-bond donors (Lipinski definition) is 1. The number of hydrogen-bond acceptors (Lipinski definition) is 6. The van der Waals surface area contributed by atoms with Crippen LogP contribution >= 0.6 is 7.60 Å². The van der Waals surface area contributed by atoms with E-state index in [1.54, 1.807) is 0 Å². The number of methoxy groups -OCH3 is 1. The van der Waals surface area contributed by atoms with E-state index in [1.165, 1.54) is 5.32 Å². The van der Waals surface area contributed by atoms with Crippen LogP contribution in [0.3, 0.4) is 0 Å². The molecule has 0 aliphatic carbocycles. The maximum atomic E-state index is 12.0. The van der Waals surface area contributed by atoms with E-state index in [0.717, 1.165) is 21.3 Å². The SMILES string of the molecule is COC(=O)[C@@H](NC(=O)C(F)(F)F)P(=O)(OC)OC. The summed E-state index contributed by atoms with van der Waals surface area (Å²) in [5, 5.41) is 1.20. The minimum absolute atomic E-state index is 0.838. The van der Waals surface area contributed by atoms with Gasteiger partial charge in [0.15, 0.2) is 0 Å². The second kappa shape index (κ2) is 6.17. The third-order valence-corrected chi connectivity index (χ3v) is 3.77. The molecule has 0 aromatic carbocycles. The molecule has 1 amide bonds. The zero-order chi connectivity index (χ0) is 14.6. The summed E-state index contributed by atoms with van der Waals surface area (Å²) in [5.74, 6) is -6.06. The molecule has 0 heterocycles. The molecule has 0 aliphatic heterocycles. The quantitative estimate of drug-likeness (QED) is 0.591. The predicted octanol–water partition coefficient (Wildman–Crippen LogP) is 0.650. The van der Waals surface area contributed by atoms with E-state index in [0.29, 0.717) is 0 Å². The Bertz CT molecular complexity index is 363. The van der Waals surface area contributed by atoms with E-state index in [2.05, 4.69) is 13.8 Å². The first kappa shape index (κ1) is 16.9. The van der Waals surface area contributed by atoms with Gasteiger partial charge in [-0.25, -0.2) is 4.79 Å². The Morgan fingerprint density at radius 1 is 1.17 bits per heavy atom. The topological polar surface area (TPSA) is 90.9 Å². The summed E-state index contributed by atoms with van der Waals surface area (Å²) >= 11 is 0. The van der Waals surface area contributed by atoms with Crippen LogP contribution in [0.25, 0.3) is 0 Å². The van der Waals surface area contributed by atoms with Gasteiger partial charge in [0.25, 0.3) is 0 Å². The second-order valence-corrected chi connectivity index (χ2v) is 5.13. The molecule has 18 heavy (non-hydrogen) atoms. The maximum Gasteiger partial charge on any atom is 0.471 e. The van der Waals surface area contributed by atoms with Gasteiger partial charge in [0, 0.05) is 14.2 Å². The van der Waals surface area contributed by atoms with Crippen LogP contribution in [0, 0.1) is 0 Å². The third kappa shape index (κ3) is 3.97. The van der Waals surface area contributed by atoms with Crippen LogP contribution in [0.15, 0.2) is 0 Å². The Hall–Kier alpha value is -1.12. The molecule has 7 nitrogen and oxygen atoms in total. The number of rotatable bonds is 5. The fourth-order valence-corrected chi connectivity index (χ4v) is 2.08. The summed E-state index contributed by atoms with van der Waals surface area (Å²) in [6, 6.07) is 0. The average Bonchev–Trinajstić information content (AvgIpc) is 2.32. The average molecular weight is 293 g/mol. The summed E-state index contributed by atoms with van der Waals surface area (Å²) in [7, 11) is -1.76. The van der Waals surface area contributed by atoms with Crippen molar-refractivity contribution in [2.75, 3.05) is 21.3 Å². The number of carbonyl (C=O) groups is 2. The van der Waals surface area contributed by atoms with Gasteiger partial charge in [0.2, 0.25) is 5.78 Å². The number of amides is 1. The van der Waals surface area contributed by atoms with Crippen molar-refractivity contribution >= 4 is 19.5 Å².